The van der Waals surface area contributed by atoms with Crippen molar-refractivity contribution in [2.75, 3.05) is 52.4 Å². The van der Waals surface area contributed by atoms with Gasteiger partial charge in [-0.15, -0.1) is 0 Å². The number of hydrogen-bond acceptors (Lipinski definition) is 9. The number of ketones is 2. The van der Waals surface area contributed by atoms with Crippen LogP contribution in [0.2, 0.25) is 0 Å². The largest absolute Gasteiger partial charge is 0.493 e. The van der Waals surface area contributed by atoms with Gasteiger partial charge in [0, 0.05) is 114 Å². The van der Waals surface area contributed by atoms with Gasteiger partial charge in [-0.25, -0.2) is 8.78 Å². The lowest BCUT2D eigenvalue weighted by molar-refractivity contribution is -0.124. The van der Waals surface area contributed by atoms with Crippen molar-refractivity contribution in [3.8, 4) is 16.9 Å². The summed E-state index contributed by atoms with van der Waals surface area (Å²) in [6, 6.07) is 33.0. The van der Waals surface area contributed by atoms with Crippen LogP contribution in [0.4, 0.5) is 8.78 Å². The molecule has 0 radical (unpaired) electrons. The molecule has 0 bridgehead atoms. The van der Waals surface area contributed by atoms with E-state index < -0.39 is 0 Å². The molecule has 7 aliphatic rings. The van der Waals surface area contributed by atoms with Crippen LogP contribution in [-0.4, -0.2) is 96.9 Å². The minimum Gasteiger partial charge on any atom is -0.493 e. The number of carbonyl (C=O) groups excluding carboxylic acids is 2. The number of rotatable bonds is 19. The summed E-state index contributed by atoms with van der Waals surface area (Å²) in [6.45, 7) is 29.4. The van der Waals surface area contributed by atoms with Gasteiger partial charge in [-0.3, -0.25) is 19.3 Å². The Balaban J connectivity index is 0.000000267. The Morgan fingerprint density at radius 3 is 2.14 bits per heavy atom. The van der Waals surface area contributed by atoms with Crippen LogP contribution in [0.25, 0.3) is 11.1 Å². The third-order valence-electron chi connectivity index (χ3n) is 21.9. The number of piperidine rings is 2. The molecule has 10 atom stereocenters. The van der Waals surface area contributed by atoms with Crippen LogP contribution in [0, 0.1) is 59.5 Å². The number of aryl methyl sites for hydroxylation is 1. The molecule has 494 valence electrons. The predicted octanol–water partition coefficient (Wildman–Crippen LogP) is 15.7. The molecular formula is C79H110F2N6O4. The highest BCUT2D eigenvalue weighted by molar-refractivity contribution is 5.88. The first-order valence-electron chi connectivity index (χ1n) is 34.6. The second-order valence-electron chi connectivity index (χ2n) is 30.0. The van der Waals surface area contributed by atoms with Gasteiger partial charge in [-0.2, -0.15) is 0 Å². The highest BCUT2D eigenvalue weighted by atomic mass is 19.1. The van der Waals surface area contributed by atoms with E-state index in [1.807, 2.05) is 18.2 Å². The van der Waals surface area contributed by atoms with Crippen molar-refractivity contribution in [2.24, 2.45) is 40.9 Å². The molecule has 3 aliphatic carbocycles. The van der Waals surface area contributed by atoms with Gasteiger partial charge in [0.15, 0.2) is 5.78 Å². The van der Waals surface area contributed by atoms with Crippen LogP contribution < -0.4 is 26.2 Å². The fourth-order valence-corrected chi connectivity index (χ4v) is 16.8. The number of aromatic nitrogens is 1. The molecule has 5 heterocycles. The number of piperazine rings is 1. The van der Waals surface area contributed by atoms with Gasteiger partial charge in [0.2, 0.25) is 0 Å². The van der Waals surface area contributed by atoms with Gasteiger partial charge in [-0.05, 0) is 197 Å². The Morgan fingerprint density at radius 2 is 1.41 bits per heavy atom. The summed E-state index contributed by atoms with van der Waals surface area (Å²) in [5.74, 6) is 3.55. The van der Waals surface area contributed by atoms with E-state index in [4.69, 9.17) is 4.74 Å². The van der Waals surface area contributed by atoms with E-state index in [-0.39, 0.29) is 45.6 Å². The lowest BCUT2D eigenvalue weighted by Gasteiger charge is -2.42. The van der Waals surface area contributed by atoms with Crippen molar-refractivity contribution in [1.29, 1.82) is 0 Å². The molecule has 10 nitrogen and oxygen atoms in total. The molecule has 12 heteroatoms. The first kappa shape index (κ1) is 66.2. The topological polar surface area (TPSA) is 119 Å². The summed E-state index contributed by atoms with van der Waals surface area (Å²) < 4.78 is 33.6. The lowest BCUT2D eigenvalue weighted by atomic mass is 9.77. The molecule has 91 heavy (non-hydrogen) atoms. The monoisotopic (exact) mass is 1240 g/mol. The average molecular weight is 1250 g/mol. The van der Waals surface area contributed by atoms with Crippen molar-refractivity contribution < 1.29 is 28.8 Å². The number of pyridine rings is 1. The summed E-state index contributed by atoms with van der Waals surface area (Å²) in [6.07, 6.45) is 16.3. The zero-order valence-corrected chi connectivity index (χ0v) is 55.7. The predicted molar refractivity (Wildman–Crippen MR) is 373 cm³/mol. The second-order valence-corrected chi connectivity index (χ2v) is 30.0. The summed E-state index contributed by atoms with van der Waals surface area (Å²) in [4.78, 5) is 49.7. The maximum atomic E-state index is 14.4. The Bertz CT molecular complexity index is 3540. The van der Waals surface area contributed by atoms with Gasteiger partial charge < -0.3 is 30.6 Å². The van der Waals surface area contributed by atoms with Crippen LogP contribution in [0.3, 0.4) is 0 Å². The SMILES string of the molecule is C=C1NC2=C(C=C1Cc1ccc(F)cc1)C(C(=O)CN1C[C@@H](C)NC[C@@H]1CC1CCC[C@H](COc3ccccc3-c3ccccc3C)C1)CC2(C)C.CC[C@H]1CCCN(C[C@H]2CN[C@H](C)CC2CC(=O)C2CC(C)(C)c3[nH]c(=O)c(Cc4ccc(F)cc4)cc32)C1.[HH].[HH].[HH].[HH]. The Hall–Kier alpha value is -6.31. The standard InChI is InChI=1S/C46H56FN3O2.C33H46FN3O2.4H2/c1-30-11-6-7-14-39(30)40-15-8-9-16-44(40)52-29-35-13-10-12-34(21-35)23-38-26-48-31(2)27-50(38)28-43(51)42-25-46(4,5)45-41(42)24-36(32(3)49-45)22-33-17-19-37(47)20-18-33;1-5-22-7-6-12-37(19-22)20-26-18-35-21(2)13-24(26)16-30(38)29-17-33(3,4)31-28(29)15-25(32(39)36-31)14-23-8-10-27(34)11-9-23;;;;/h6-9,11,14-20,24,31,34-35,38,42,48-49H,3,10,12-13,21-23,25-29H2,1-2,4-5H3;8-11,15,21-22,24,26,29,35H,5-7,12-14,16-20H2,1-4H3,(H,36,39);4*1H/t31-,34?,35+,38+,42?;21-,22+,24?,26-,29?;;;;/m11..../s1. The van der Waals surface area contributed by atoms with E-state index >= 15 is 0 Å². The molecule has 1 saturated carbocycles. The number of dihydropyridines is 1. The van der Waals surface area contributed by atoms with Crippen LogP contribution in [0.15, 0.2) is 143 Å². The van der Waals surface area contributed by atoms with Crippen molar-refractivity contribution in [2.45, 2.75) is 175 Å². The number of allylic oxidation sites excluding steroid dienone is 4. The minimum atomic E-state index is -0.287. The van der Waals surface area contributed by atoms with E-state index in [0.717, 1.165) is 121 Å². The molecule has 4 aromatic carbocycles. The summed E-state index contributed by atoms with van der Waals surface area (Å²) in [7, 11) is 0. The van der Waals surface area contributed by atoms with Gasteiger partial charge in [-0.1, -0.05) is 133 Å². The van der Waals surface area contributed by atoms with Gasteiger partial charge in [0.25, 0.3) is 5.56 Å². The van der Waals surface area contributed by atoms with Crippen LogP contribution in [0.1, 0.15) is 171 Å². The van der Waals surface area contributed by atoms with Crippen molar-refractivity contribution in [1.82, 2.24) is 30.7 Å². The average Bonchev–Trinajstić information content (AvgIpc) is 1.62. The highest BCUT2D eigenvalue weighted by Gasteiger charge is 2.46. The fraction of sp³-hybridized carbons (Fsp3) is 0.532. The Morgan fingerprint density at radius 1 is 0.736 bits per heavy atom. The number of ether oxygens (including phenoxy) is 1. The molecule has 4 aliphatic heterocycles. The Labute approximate surface area is 547 Å². The van der Waals surface area contributed by atoms with Gasteiger partial charge in [0.1, 0.15) is 23.2 Å². The first-order valence-corrected chi connectivity index (χ1v) is 34.6. The number of benzene rings is 4. The molecule has 5 aromatic rings. The molecule has 4 fully saturated rings. The third-order valence-corrected chi connectivity index (χ3v) is 21.9. The van der Waals surface area contributed by atoms with E-state index in [2.05, 4.69) is 147 Å². The molecule has 4 unspecified atom stereocenters. The van der Waals surface area contributed by atoms with E-state index in [0.29, 0.717) is 84.7 Å². The zero-order chi connectivity index (χ0) is 64.1. The summed E-state index contributed by atoms with van der Waals surface area (Å²) in [5, 5.41) is 11.0. The summed E-state index contributed by atoms with van der Waals surface area (Å²) in [5.41, 5.74) is 11.7. The zero-order valence-electron chi connectivity index (χ0n) is 55.7. The number of carbonyl (C=O) groups is 2. The van der Waals surface area contributed by atoms with E-state index in [9.17, 15) is 23.2 Å². The number of likely N-dealkylation sites (tertiary alicyclic amines) is 1. The third kappa shape index (κ3) is 16.0. The molecule has 1 aromatic heterocycles. The number of aromatic amines is 1. The lowest BCUT2D eigenvalue weighted by Crippen LogP contribution is -2.57. The van der Waals surface area contributed by atoms with Gasteiger partial charge >= 0.3 is 0 Å². The fourth-order valence-electron chi connectivity index (χ4n) is 16.8. The molecule has 0 amide bonds. The Kier molecular flexibility index (Phi) is 21.0. The van der Waals surface area contributed by atoms with Crippen molar-refractivity contribution in [3.63, 3.8) is 0 Å². The molecule has 0 spiro atoms. The maximum Gasteiger partial charge on any atom is 0.251 e. The van der Waals surface area contributed by atoms with Crippen LogP contribution in [-0.2, 0) is 27.8 Å². The quantitative estimate of drug-likeness (QED) is 0.0641. The number of nitrogens with one attached hydrogen (secondary N) is 4. The van der Waals surface area contributed by atoms with Crippen molar-refractivity contribution in [3.05, 3.63) is 194 Å². The number of Topliss-reactive ketones (excluding diaryl/α,β-unsaturated/α-hetero) is 2. The molecule has 3 saturated heterocycles. The number of hydrogen-bond donors (Lipinski definition) is 4. The van der Waals surface area contributed by atoms with Gasteiger partial charge in [0.05, 0.1) is 13.2 Å². The second kappa shape index (κ2) is 28.9. The van der Waals surface area contributed by atoms with E-state index in [1.54, 1.807) is 12.1 Å². The maximum absolute atomic E-state index is 14.4. The number of nitrogens with zero attached hydrogens (tertiary/aromatic N) is 2. The molecule has 4 N–H and O–H groups in total. The number of H-pyrrole nitrogens is 1. The van der Waals surface area contributed by atoms with E-state index in [1.165, 1.54) is 93.4 Å². The van der Waals surface area contributed by atoms with Crippen LogP contribution in [0.5, 0.6) is 5.75 Å². The minimum absolute atomic E-state index is 0. The van der Waals surface area contributed by atoms with Crippen molar-refractivity contribution >= 4 is 11.6 Å². The first-order chi connectivity index (χ1) is 43.7. The highest BCUT2D eigenvalue weighted by Crippen LogP contribution is 2.50. The smallest absolute Gasteiger partial charge is 0.251 e. The number of para-hydroxylation sites is 1. The van der Waals surface area contributed by atoms with Crippen LogP contribution >= 0.6 is 0 Å². The number of fused-ring (bicyclic) bond motifs is 1. The normalized spacial score (nSPS) is 27.2. The number of halogens is 2. The summed E-state index contributed by atoms with van der Waals surface area (Å²) >= 11 is 0. The molecular weight excluding hydrogens is 1130 g/mol. The molecule has 12 rings (SSSR count).